The molecular weight excluding hydrogens is 183 g/mol. The Hall–Kier alpha value is -1.58. The summed E-state index contributed by atoms with van der Waals surface area (Å²) >= 11 is 0. The number of benzene rings is 1. The average Bonchev–Trinajstić information content (AvgIpc) is 2.57. The van der Waals surface area contributed by atoms with E-state index in [4.69, 9.17) is 10.5 Å². The molecule has 1 aliphatic rings. The zero-order chi connectivity index (χ0) is 10.1. The van der Waals surface area contributed by atoms with E-state index in [0.29, 0.717) is 12.2 Å². The topological polar surface area (TPSA) is 47.6 Å². The van der Waals surface area contributed by atoms with Crippen molar-refractivity contribution in [2.45, 2.75) is 13.0 Å². The fraction of sp³-hybridized carbons (Fsp3) is 0.300. The normalized spacial score (nSPS) is 20.4. The second-order valence-corrected chi connectivity index (χ2v) is 3.25. The van der Waals surface area contributed by atoms with Crippen molar-refractivity contribution in [3.63, 3.8) is 0 Å². The van der Waals surface area contributed by atoms with Crippen LogP contribution in [-0.4, -0.2) is 12.6 Å². The van der Waals surface area contributed by atoms with Gasteiger partial charge < -0.3 is 10.5 Å². The van der Waals surface area contributed by atoms with Crippen molar-refractivity contribution in [3.05, 3.63) is 35.1 Å². The molecule has 14 heavy (non-hydrogen) atoms. The van der Waals surface area contributed by atoms with Crippen molar-refractivity contribution in [2.75, 3.05) is 6.61 Å². The number of rotatable bonds is 1. The monoisotopic (exact) mass is 194 g/mol. The number of aliphatic imine (C=N–C) groups is 1. The molecule has 2 N–H and O–H groups in total. The van der Waals surface area contributed by atoms with Gasteiger partial charge in [-0.25, -0.2) is 9.38 Å². The van der Waals surface area contributed by atoms with Crippen LogP contribution in [-0.2, 0) is 4.74 Å². The molecule has 0 aromatic heterocycles. The van der Waals surface area contributed by atoms with Gasteiger partial charge in [-0.3, -0.25) is 0 Å². The smallest absolute Gasteiger partial charge is 0.282 e. The van der Waals surface area contributed by atoms with E-state index in [-0.39, 0.29) is 17.9 Å². The molecule has 0 amide bonds. The van der Waals surface area contributed by atoms with Crippen LogP contribution in [0.15, 0.2) is 23.2 Å². The minimum Gasteiger partial charge on any atom is -0.463 e. The summed E-state index contributed by atoms with van der Waals surface area (Å²) in [4.78, 5) is 4.07. The van der Waals surface area contributed by atoms with Gasteiger partial charge in [0, 0.05) is 0 Å². The van der Waals surface area contributed by atoms with E-state index >= 15 is 0 Å². The van der Waals surface area contributed by atoms with Gasteiger partial charge in [0.25, 0.3) is 6.02 Å². The minimum absolute atomic E-state index is 0.161. The molecule has 0 aliphatic carbocycles. The maximum absolute atomic E-state index is 13.2. The summed E-state index contributed by atoms with van der Waals surface area (Å²) < 4.78 is 18.2. The molecule has 2 rings (SSSR count). The van der Waals surface area contributed by atoms with Crippen LogP contribution in [0, 0.1) is 12.7 Å². The third-order valence-corrected chi connectivity index (χ3v) is 2.34. The lowest BCUT2D eigenvalue weighted by Crippen LogP contribution is -2.10. The van der Waals surface area contributed by atoms with E-state index in [2.05, 4.69) is 4.99 Å². The molecule has 0 radical (unpaired) electrons. The van der Waals surface area contributed by atoms with Gasteiger partial charge in [-0.15, -0.1) is 0 Å². The fourth-order valence-corrected chi connectivity index (χ4v) is 1.54. The first-order chi connectivity index (χ1) is 6.68. The minimum atomic E-state index is -0.219. The van der Waals surface area contributed by atoms with Crippen LogP contribution in [0.4, 0.5) is 4.39 Å². The molecule has 74 valence electrons. The molecule has 0 spiro atoms. The second kappa shape index (κ2) is 3.29. The molecule has 1 atom stereocenters. The van der Waals surface area contributed by atoms with E-state index in [1.54, 1.807) is 13.0 Å². The van der Waals surface area contributed by atoms with Gasteiger partial charge in [0.1, 0.15) is 18.5 Å². The van der Waals surface area contributed by atoms with Crippen LogP contribution >= 0.6 is 0 Å². The summed E-state index contributed by atoms with van der Waals surface area (Å²) in [5, 5.41) is 0. The molecule has 0 bridgehead atoms. The zero-order valence-electron chi connectivity index (χ0n) is 7.83. The molecule has 0 saturated heterocycles. The summed E-state index contributed by atoms with van der Waals surface area (Å²) in [5.74, 6) is -0.219. The van der Waals surface area contributed by atoms with Gasteiger partial charge in [0.15, 0.2) is 0 Å². The van der Waals surface area contributed by atoms with Gasteiger partial charge in [0.05, 0.1) is 0 Å². The molecule has 1 aromatic rings. The molecule has 4 heteroatoms. The van der Waals surface area contributed by atoms with Crippen molar-refractivity contribution in [1.82, 2.24) is 0 Å². The summed E-state index contributed by atoms with van der Waals surface area (Å²) in [5.41, 5.74) is 6.83. The van der Waals surface area contributed by atoms with E-state index in [1.807, 2.05) is 6.07 Å². The highest BCUT2D eigenvalue weighted by molar-refractivity contribution is 5.73. The van der Waals surface area contributed by atoms with E-state index < -0.39 is 0 Å². The maximum Gasteiger partial charge on any atom is 0.282 e. The number of halogens is 1. The molecule has 1 aromatic carbocycles. The number of nitrogens with two attached hydrogens (primary N) is 1. The molecule has 0 unspecified atom stereocenters. The lowest BCUT2D eigenvalue weighted by molar-refractivity contribution is 0.314. The number of hydrogen-bond acceptors (Lipinski definition) is 3. The Morgan fingerprint density at radius 1 is 1.57 bits per heavy atom. The fourth-order valence-electron chi connectivity index (χ4n) is 1.54. The first-order valence-electron chi connectivity index (χ1n) is 4.39. The van der Waals surface area contributed by atoms with Gasteiger partial charge in [-0.1, -0.05) is 12.1 Å². The predicted molar refractivity (Wildman–Crippen MR) is 51.5 cm³/mol. The lowest BCUT2D eigenvalue weighted by atomic mass is 10.0. The number of amidine groups is 1. The molecular formula is C10H11FN2O. The maximum atomic E-state index is 13.2. The molecule has 3 nitrogen and oxygen atoms in total. The Kier molecular flexibility index (Phi) is 2.11. The molecule has 1 heterocycles. The Morgan fingerprint density at radius 2 is 2.36 bits per heavy atom. The second-order valence-electron chi connectivity index (χ2n) is 3.25. The number of ether oxygens (including phenoxy) is 1. The summed E-state index contributed by atoms with van der Waals surface area (Å²) in [6.45, 7) is 2.13. The predicted octanol–water partition coefficient (Wildman–Crippen LogP) is 1.52. The van der Waals surface area contributed by atoms with Crippen LogP contribution in [0.5, 0.6) is 0 Å². The number of nitrogens with zero attached hydrogens (tertiary/aromatic N) is 1. The summed E-state index contributed by atoms with van der Waals surface area (Å²) in [6.07, 6.45) is 0. The average molecular weight is 194 g/mol. The first kappa shape index (κ1) is 8.99. The van der Waals surface area contributed by atoms with Gasteiger partial charge in [0.2, 0.25) is 0 Å². The van der Waals surface area contributed by atoms with Gasteiger partial charge in [-0.05, 0) is 24.1 Å². The lowest BCUT2D eigenvalue weighted by Gasteiger charge is -2.09. The molecule has 0 fully saturated rings. The Bertz CT molecular complexity index is 390. The Balaban J connectivity index is 2.37. The highest BCUT2D eigenvalue weighted by Crippen LogP contribution is 2.26. The standard InChI is InChI=1S/C10H11FN2O/c1-6-7(3-2-4-8(6)11)9-5-14-10(12)13-9/h2-4,9H,5H2,1H3,(H2,12,13)/t9-/m0/s1. The molecule has 0 saturated carbocycles. The van der Waals surface area contributed by atoms with Crippen molar-refractivity contribution in [2.24, 2.45) is 10.7 Å². The van der Waals surface area contributed by atoms with Crippen LogP contribution in [0.2, 0.25) is 0 Å². The summed E-state index contributed by atoms with van der Waals surface area (Å²) in [6, 6.07) is 4.96. The highest BCUT2D eigenvalue weighted by Gasteiger charge is 2.21. The molecule has 1 aliphatic heterocycles. The third kappa shape index (κ3) is 1.43. The summed E-state index contributed by atoms with van der Waals surface area (Å²) in [7, 11) is 0. The van der Waals surface area contributed by atoms with Gasteiger partial charge in [-0.2, -0.15) is 0 Å². The largest absolute Gasteiger partial charge is 0.463 e. The van der Waals surface area contributed by atoms with E-state index in [1.165, 1.54) is 6.07 Å². The number of hydrogen-bond donors (Lipinski definition) is 1. The van der Waals surface area contributed by atoms with Crippen LogP contribution in [0.25, 0.3) is 0 Å². The van der Waals surface area contributed by atoms with E-state index in [9.17, 15) is 4.39 Å². The highest BCUT2D eigenvalue weighted by atomic mass is 19.1. The van der Waals surface area contributed by atoms with Crippen LogP contribution < -0.4 is 5.73 Å². The quantitative estimate of drug-likeness (QED) is 0.736. The van der Waals surface area contributed by atoms with Crippen molar-refractivity contribution in [3.8, 4) is 0 Å². The Labute approximate surface area is 81.4 Å². The van der Waals surface area contributed by atoms with Crippen molar-refractivity contribution < 1.29 is 9.13 Å². The SMILES string of the molecule is Cc1c(F)cccc1[C@@H]1COC(N)=N1. The Morgan fingerprint density at radius 3 is 3.00 bits per heavy atom. The zero-order valence-corrected chi connectivity index (χ0v) is 7.83. The van der Waals surface area contributed by atoms with Gasteiger partial charge >= 0.3 is 0 Å². The first-order valence-corrected chi connectivity index (χ1v) is 4.39. The van der Waals surface area contributed by atoms with Crippen molar-refractivity contribution in [1.29, 1.82) is 0 Å². The third-order valence-electron chi connectivity index (χ3n) is 2.34. The van der Waals surface area contributed by atoms with Crippen molar-refractivity contribution >= 4 is 6.02 Å². The van der Waals surface area contributed by atoms with Crippen LogP contribution in [0.1, 0.15) is 17.2 Å². The van der Waals surface area contributed by atoms with Crippen LogP contribution in [0.3, 0.4) is 0 Å². The van der Waals surface area contributed by atoms with E-state index in [0.717, 1.165) is 5.56 Å².